The Bertz CT molecular complexity index is 704. The van der Waals surface area contributed by atoms with Crippen LogP contribution in [0.1, 0.15) is 28.5 Å². The summed E-state index contributed by atoms with van der Waals surface area (Å²) in [5, 5.41) is 0. The molecule has 0 bridgehead atoms. The predicted molar refractivity (Wildman–Crippen MR) is 88.1 cm³/mol. The Morgan fingerprint density at radius 3 is 2.14 bits per heavy atom. The number of benzene rings is 2. The Kier molecular flexibility index (Phi) is 4.23. The van der Waals surface area contributed by atoms with Crippen molar-refractivity contribution in [1.82, 2.24) is 0 Å². The fourth-order valence-electron chi connectivity index (χ4n) is 2.33. The average Bonchev–Trinajstić information content (AvgIpc) is 2.95. The highest BCUT2D eigenvalue weighted by atomic mass is 79.9. The largest absolute Gasteiger partial charge is 0.452 e. The van der Waals surface area contributed by atoms with Gasteiger partial charge < -0.3 is 10.2 Å². The maximum atomic E-state index is 6.22. The molecule has 106 valence electrons. The van der Waals surface area contributed by atoms with Crippen LogP contribution in [0.4, 0.5) is 0 Å². The van der Waals surface area contributed by atoms with E-state index in [9.17, 15) is 0 Å². The standard InChI is InChI=1S/C18H16BrNO/c19-17-11-10-16(21-17)18(20)15-8-6-14(7-9-15)12-13-4-2-1-3-5-13/h1-11,18H,12,20H2. The van der Waals surface area contributed by atoms with Crippen molar-refractivity contribution in [3.8, 4) is 0 Å². The molecule has 0 aliphatic carbocycles. The molecular formula is C18H16BrNO. The van der Waals surface area contributed by atoms with E-state index >= 15 is 0 Å². The molecule has 2 nitrogen and oxygen atoms in total. The smallest absolute Gasteiger partial charge is 0.169 e. The number of furan rings is 1. The average molecular weight is 342 g/mol. The number of rotatable bonds is 4. The van der Waals surface area contributed by atoms with E-state index in [-0.39, 0.29) is 6.04 Å². The molecule has 3 aromatic rings. The molecule has 3 heteroatoms. The van der Waals surface area contributed by atoms with Gasteiger partial charge in [0.25, 0.3) is 0 Å². The molecular weight excluding hydrogens is 326 g/mol. The first-order valence-electron chi connectivity index (χ1n) is 6.86. The third-order valence-corrected chi connectivity index (χ3v) is 3.92. The third-order valence-electron chi connectivity index (χ3n) is 3.49. The predicted octanol–water partition coefficient (Wildman–Crippen LogP) is 4.68. The van der Waals surface area contributed by atoms with Crippen LogP contribution in [0, 0.1) is 0 Å². The minimum atomic E-state index is -0.234. The van der Waals surface area contributed by atoms with Crippen molar-refractivity contribution in [2.45, 2.75) is 12.5 Å². The summed E-state index contributed by atoms with van der Waals surface area (Å²) in [5.41, 5.74) is 9.85. The van der Waals surface area contributed by atoms with Gasteiger partial charge in [0.05, 0.1) is 6.04 Å². The molecule has 0 amide bonds. The maximum Gasteiger partial charge on any atom is 0.169 e. The summed E-state index contributed by atoms with van der Waals surface area (Å²) in [6.45, 7) is 0. The quantitative estimate of drug-likeness (QED) is 0.748. The number of nitrogens with two attached hydrogens (primary N) is 1. The van der Waals surface area contributed by atoms with E-state index in [0.29, 0.717) is 4.67 Å². The van der Waals surface area contributed by atoms with Crippen LogP contribution in [0.3, 0.4) is 0 Å². The van der Waals surface area contributed by atoms with Gasteiger partial charge in [-0.05, 0) is 51.2 Å². The Morgan fingerprint density at radius 2 is 1.52 bits per heavy atom. The van der Waals surface area contributed by atoms with Crippen molar-refractivity contribution in [1.29, 1.82) is 0 Å². The van der Waals surface area contributed by atoms with Gasteiger partial charge >= 0.3 is 0 Å². The lowest BCUT2D eigenvalue weighted by Gasteiger charge is -2.10. The first-order chi connectivity index (χ1) is 10.2. The van der Waals surface area contributed by atoms with E-state index in [1.54, 1.807) is 0 Å². The van der Waals surface area contributed by atoms with Gasteiger partial charge in [-0.3, -0.25) is 0 Å². The van der Waals surface area contributed by atoms with Crippen molar-refractivity contribution in [2.75, 3.05) is 0 Å². The fraction of sp³-hybridized carbons (Fsp3) is 0.111. The molecule has 0 saturated carbocycles. The zero-order valence-electron chi connectivity index (χ0n) is 11.5. The van der Waals surface area contributed by atoms with Gasteiger partial charge in [-0.2, -0.15) is 0 Å². The first-order valence-corrected chi connectivity index (χ1v) is 7.65. The van der Waals surface area contributed by atoms with Crippen LogP contribution < -0.4 is 5.73 Å². The zero-order valence-corrected chi connectivity index (χ0v) is 13.1. The molecule has 0 aliphatic heterocycles. The van der Waals surface area contributed by atoms with Crippen LogP contribution >= 0.6 is 15.9 Å². The lowest BCUT2D eigenvalue weighted by molar-refractivity contribution is 0.470. The van der Waals surface area contributed by atoms with Gasteiger partial charge in [-0.15, -0.1) is 0 Å². The molecule has 0 radical (unpaired) electrons. The number of hydrogen-bond acceptors (Lipinski definition) is 2. The SMILES string of the molecule is NC(c1ccc(Cc2ccccc2)cc1)c1ccc(Br)o1. The second-order valence-corrected chi connectivity index (χ2v) is 5.81. The van der Waals surface area contributed by atoms with E-state index in [1.165, 1.54) is 11.1 Å². The molecule has 1 unspecified atom stereocenters. The van der Waals surface area contributed by atoms with Crippen LogP contribution in [0.2, 0.25) is 0 Å². The van der Waals surface area contributed by atoms with Gasteiger partial charge in [0.15, 0.2) is 4.67 Å². The second-order valence-electron chi connectivity index (χ2n) is 5.02. The molecule has 1 heterocycles. The summed E-state index contributed by atoms with van der Waals surface area (Å²) >= 11 is 3.30. The van der Waals surface area contributed by atoms with E-state index in [0.717, 1.165) is 17.7 Å². The summed E-state index contributed by atoms with van der Waals surface area (Å²) in [6.07, 6.45) is 0.933. The Balaban J connectivity index is 1.75. The fourth-order valence-corrected chi connectivity index (χ4v) is 2.65. The molecule has 0 spiro atoms. The summed E-state index contributed by atoms with van der Waals surface area (Å²) in [5.74, 6) is 0.762. The van der Waals surface area contributed by atoms with Crippen LogP contribution in [-0.2, 0) is 6.42 Å². The summed E-state index contributed by atoms with van der Waals surface area (Å²) < 4.78 is 6.22. The van der Waals surface area contributed by atoms with Crippen molar-refractivity contribution in [3.63, 3.8) is 0 Å². The Labute approximate surface area is 132 Å². The highest BCUT2D eigenvalue weighted by Crippen LogP contribution is 2.24. The van der Waals surface area contributed by atoms with Gasteiger partial charge in [-0.25, -0.2) is 0 Å². The number of hydrogen-bond donors (Lipinski definition) is 1. The molecule has 2 aromatic carbocycles. The van der Waals surface area contributed by atoms with Gasteiger partial charge in [0, 0.05) is 0 Å². The van der Waals surface area contributed by atoms with E-state index in [4.69, 9.17) is 10.2 Å². The molecule has 21 heavy (non-hydrogen) atoms. The molecule has 0 saturated heterocycles. The summed E-state index contributed by atoms with van der Waals surface area (Å²) in [7, 11) is 0. The minimum absolute atomic E-state index is 0.234. The Hall–Kier alpha value is -1.84. The molecule has 1 atom stereocenters. The molecule has 1 aromatic heterocycles. The lowest BCUT2D eigenvalue weighted by Crippen LogP contribution is -2.10. The van der Waals surface area contributed by atoms with Crippen LogP contribution in [0.15, 0.2) is 75.8 Å². The molecule has 2 N–H and O–H groups in total. The summed E-state index contributed by atoms with van der Waals surface area (Å²) in [4.78, 5) is 0. The van der Waals surface area contributed by atoms with Crippen molar-refractivity contribution in [2.24, 2.45) is 5.73 Å². The first kappa shape index (κ1) is 14.1. The van der Waals surface area contributed by atoms with Crippen LogP contribution in [0.5, 0.6) is 0 Å². The van der Waals surface area contributed by atoms with E-state index in [1.807, 2.05) is 18.2 Å². The number of halogens is 1. The van der Waals surface area contributed by atoms with Crippen LogP contribution in [0.25, 0.3) is 0 Å². The lowest BCUT2D eigenvalue weighted by atomic mass is 10.00. The van der Waals surface area contributed by atoms with Crippen LogP contribution in [-0.4, -0.2) is 0 Å². The highest BCUT2D eigenvalue weighted by Gasteiger charge is 2.12. The van der Waals surface area contributed by atoms with Crippen molar-refractivity contribution < 1.29 is 4.42 Å². The molecule has 0 aliphatic rings. The van der Waals surface area contributed by atoms with E-state index < -0.39 is 0 Å². The molecule has 0 fully saturated rings. The van der Waals surface area contributed by atoms with Gasteiger partial charge in [0.1, 0.15) is 5.76 Å². The summed E-state index contributed by atoms with van der Waals surface area (Å²) in [6, 6.07) is 22.3. The highest BCUT2D eigenvalue weighted by molar-refractivity contribution is 9.10. The topological polar surface area (TPSA) is 39.2 Å². The third kappa shape index (κ3) is 3.43. The van der Waals surface area contributed by atoms with Gasteiger partial charge in [-0.1, -0.05) is 54.6 Å². The second kappa shape index (κ2) is 6.29. The van der Waals surface area contributed by atoms with Crippen molar-refractivity contribution in [3.05, 3.63) is 93.9 Å². The maximum absolute atomic E-state index is 6.22. The Morgan fingerprint density at radius 1 is 0.857 bits per heavy atom. The van der Waals surface area contributed by atoms with E-state index in [2.05, 4.69) is 64.5 Å². The molecule has 3 rings (SSSR count). The monoisotopic (exact) mass is 341 g/mol. The zero-order chi connectivity index (χ0) is 14.7. The van der Waals surface area contributed by atoms with Crippen molar-refractivity contribution >= 4 is 15.9 Å². The normalized spacial score (nSPS) is 12.3. The minimum Gasteiger partial charge on any atom is -0.452 e. The van der Waals surface area contributed by atoms with Gasteiger partial charge in [0.2, 0.25) is 0 Å².